The molecule has 1 amide bonds. The SMILES string of the molecule is N#C/C(=C/NCCc1ccccc1F)C(=O)Nc1ccc(S(N)(=O)=O)cc1. The Labute approximate surface area is 156 Å². The van der Waals surface area contributed by atoms with Gasteiger partial charge in [-0.25, -0.2) is 17.9 Å². The van der Waals surface area contributed by atoms with E-state index in [1.165, 1.54) is 36.5 Å². The quantitative estimate of drug-likeness (QED) is 0.378. The van der Waals surface area contributed by atoms with Crippen molar-refractivity contribution in [1.82, 2.24) is 5.32 Å². The Bertz CT molecular complexity index is 996. The molecule has 0 aromatic heterocycles. The molecule has 0 unspecified atom stereocenters. The van der Waals surface area contributed by atoms with Gasteiger partial charge in [-0.05, 0) is 42.3 Å². The molecule has 0 spiro atoms. The van der Waals surface area contributed by atoms with Crippen molar-refractivity contribution in [3.05, 3.63) is 71.7 Å². The number of amides is 1. The molecule has 2 aromatic carbocycles. The average Bonchev–Trinajstić information content (AvgIpc) is 2.62. The summed E-state index contributed by atoms with van der Waals surface area (Å²) in [4.78, 5) is 12.0. The number of nitriles is 1. The van der Waals surface area contributed by atoms with Crippen LogP contribution in [0.25, 0.3) is 0 Å². The number of sulfonamides is 1. The monoisotopic (exact) mass is 388 g/mol. The van der Waals surface area contributed by atoms with Crippen molar-refractivity contribution < 1.29 is 17.6 Å². The number of nitrogens with zero attached hydrogens (tertiary/aromatic N) is 1. The summed E-state index contributed by atoms with van der Waals surface area (Å²) in [6.45, 7) is 0.336. The fourth-order valence-electron chi connectivity index (χ4n) is 2.16. The summed E-state index contributed by atoms with van der Waals surface area (Å²) in [7, 11) is -3.82. The van der Waals surface area contributed by atoms with Crippen LogP contribution in [0.3, 0.4) is 0 Å². The molecule has 27 heavy (non-hydrogen) atoms. The Balaban J connectivity index is 1.94. The van der Waals surface area contributed by atoms with Gasteiger partial charge in [-0.15, -0.1) is 0 Å². The molecule has 0 saturated heterocycles. The molecular weight excluding hydrogens is 371 g/mol. The molecule has 0 bridgehead atoms. The molecule has 0 heterocycles. The van der Waals surface area contributed by atoms with Gasteiger partial charge in [0, 0.05) is 18.4 Å². The van der Waals surface area contributed by atoms with Gasteiger partial charge in [-0.2, -0.15) is 5.26 Å². The van der Waals surface area contributed by atoms with Gasteiger partial charge in [0.15, 0.2) is 0 Å². The van der Waals surface area contributed by atoms with Gasteiger partial charge >= 0.3 is 0 Å². The molecule has 0 atom stereocenters. The van der Waals surface area contributed by atoms with E-state index in [2.05, 4.69) is 10.6 Å². The van der Waals surface area contributed by atoms with Crippen LogP contribution in [0.2, 0.25) is 0 Å². The highest BCUT2D eigenvalue weighted by molar-refractivity contribution is 7.89. The van der Waals surface area contributed by atoms with Crippen LogP contribution in [0.5, 0.6) is 0 Å². The first-order valence-electron chi connectivity index (χ1n) is 7.82. The van der Waals surface area contributed by atoms with Gasteiger partial charge in [-0.3, -0.25) is 4.79 Å². The molecule has 0 aliphatic heterocycles. The zero-order valence-electron chi connectivity index (χ0n) is 14.1. The summed E-state index contributed by atoms with van der Waals surface area (Å²) in [5.74, 6) is -0.983. The maximum atomic E-state index is 13.5. The second-order valence-corrected chi connectivity index (χ2v) is 7.05. The van der Waals surface area contributed by atoms with E-state index < -0.39 is 15.9 Å². The Kier molecular flexibility index (Phi) is 6.65. The van der Waals surface area contributed by atoms with Crippen LogP contribution in [0.1, 0.15) is 5.56 Å². The molecular formula is C18H17FN4O3S. The van der Waals surface area contributed by atoms with Crippen molar-refractivity contribution in [1.29, 1.82) is 5.26 Å². The molecule has 0 aliphatic carbocycles. The highest BCUT2D eigenvalue weighted by Crippen LogP contribution is 2.13. The molecule has 0 saturated carbocycles. The molecule has 2 aromatic rings. The highest BCUT2D eigenvalue weighted by atomic mass is 32.2. The Morgan fingerprint density at radius 1 is 1.19 bits per heavy atom. The molecule has 0 radical (unpaired) electrons. The minimum Gasteiger partial charge on any atom is -0.389 e. The molecule has 140 valence electrons. The number of rotatable bonds is 7. The number of anilines is 1. The minimum atomic E-state index is -3.82. The summed E-state index contributed by atoms with van der Waals surface area (Å²) >= 11 is 0. The summed E-state index contributed by atoms with van der Waals surface area (Å²) < 4.78 is 35.9. The summed E-state index contributed by atoms with van der Waals surface area (Å²) in [6.07, 6.45) is 1.63. The number of benzene rings is 2. The van der Waals surface area contributed by atoms with Crippen LogP contribution in [0.4, 0.5) is 10.1 Å². The van der Waals surface area contributed by atoms with Crippen LogP contribution in [-0.4, -0.2) is 20.9 Å². The predicted octanol–water partition coefficient (Wildman–Crippen LogP) is 1.65. The number of hydrogen-bond donors (Lipinski definition) is 3. The second-order valence-electron chi connectivity index (χ2n) is 5.49. The van der Waals surface area contributed by atoms with E-state index in [1.807, 2.05) is 0 Å². The second kappa shape index (κ2) is 8.93. The molecule has 2 rings (SSSR count). The third-order valence-corrected chi connectivity index (χ3v) is 4.48. The molecule has 9 heteroatoms. The fourth-order valence-corrected chi connectivity index (χ4v) is 2.67. The molecule has 4 N–H and O–H groups in total. The standard InChI is InChI=1S/C18H17FN4O3S/c19-17-4-2-1-3-13(17)9-10-22-12-14(11-20)18(24)23-15-5-7-16(8-6-15)27(21,25)26/h1-8,12,22H,9-10H2,(H,23,24)(H2,21,25,26)/b14-12-. The smallest absolute Gasteiger partial charge is 0.267 e. The van der Waals surface area contributed by atoms with Crippen molar-refractivity contribution >= 4 is 21.6 Å². The van der Waals surface area contributed by atoms with Crippen LogP contribution in [0.15, 0.2) is 65.2 Å². The maximum absolute atomic E-state index is 13.5. The predicted molar refractivity (Wildman–Crippen MR) is 98.2 cm³/mol. The first-order chi connectivity index (χ1) is 12.8. The van der Waals surface area contributed by atoms with Gasteiger partial charge in [0.1, 0.15) is 17.5 Å². The van der Waals surface area contributed by atoms with Gasteiger partial charge in [0.05, 0.1) is 4.90 Å². The van der Waals surface area contributed by atoms with E-state index in [1.54, 1.807) is 24.3 Å². The van der Waals surface area contributed by atoms with E-state index >= 15 is 0 Å². The van der Waals surface area contributed by atoms with Crippen molar-refractivity contribution in [2.45, 2.75) is 11.3 Å². The summed E-state index contributed by atoms with van der Waals surface area (Å²) in [5, 5.41) is 19.4. The van der Waals surface area contributed by atoms with E-state index in [4.69, 9.17) is 10.4 Å². The minimum absolute atomic E-state index is 0.0913. The molecule has 0 fully saturated rings. The lowest BCUT2D eigenvalue weighted by atomic mass is 10.1. The van der Waals surface area contributed by atoms with Crippen LogP contribution >= 0.6 is 0 Å². The third-order valence-electron chi connectivity index (χ3n) is 3.55. The summed E-state index contributed by atoms with van der Waals surface area (Å²) in [6, 6.07) is 13.3. The summed E-state index contributed by atoms with van der Waals surface area (Å²) in [5.41, 5.74) is 0.648. The first kappa shape index (κ1) is 20.1. The van der Waals surface area contributed by atoms with E-state index in [-0.39, 0.29) is 16.3 Å². The van der Waals surface area contributed by atoms with Crippen molar-refractivity contribution in [3.63, 3.8) is 0 Å². The number of nitrogens with one attached hydrogen (secondary N) is 2. The van der Waals surface area contributed by atoms with E-state index in [9.17, 15) is 17.6 Å². The van der Waals surface area contributed by atoms with E-state index in [0.717, 1.165) is 0 Å². The number of halogens is 1. The normalized spacial score (nSPS) is 11.5. The number of carbonyl (C=O) groups excluding carboxylic acids is 1. The maximum Gasteiger partial charge on any atom is 0.267 e. The number of hydrogen-bond acceptors (Lipinski definition) is 5. The number of nitrogens with two attached hydrogens (primary N) is 1. The number of primary sulfonamides is 1. The largest absolute Gasteiger partial charge is 0.389 e. The van der Waals surface area contributed by atoms with E-state index in [0.29, 0.717) is 24.2 Å². The highest BCUT2D eigenvalue weighted by Gasteiger charge is 2.11. The zero-order chi connectivity index (χ0) is 19.9. The molecule has 0 aliphatic rings. The Morgan fingerprint density at radius 3 is 2.44 bits per heavy atom. The lowest BCUT2D eigenvalue weighted by Gasteiger charge is -2.06. The van der Waals surface area contributed by atoms with Gasteiger partial charge in [0.2, 0.25) is 10.0 Å². The molecule has 7 nitrogen and oxygen atoms in total. The van der Waals surface area contributed by atoms with Crippen LogP contribution < -0.4 is 15.8 Å². The lowest BCUT2D eigenvalue weighted by molar-refractivity contribution is -0.112. The third kappa shape index (κ3) is 5.91. The lowest BCUT2D eigenvalue weighted by Crippen LogP contribution is -2.18. The Morgan fingerprint density at radius 2 is 1.85 bits per heavy atom. The average molecular weight is 388 g/mol. The fraction of sp³-hybridized carbons (Fsp3) is 0.111. The van der Waals surface area contributed by atoms with Crippen molar-refractivity contribution in [2.75, 3.05) is 11.9 Å². The first-order valence-corrected chi connectivity index (χ1v) is 9.37. The Hall–Kier alpha value is -3.22. The van der Waals surface area contributed by atoms with Crippen molar-refractivity contribution in [3.8, 4) is 6.07 Å². The van der Waals surface area contributed by atoms with Gasteiger partial charge in [-0.1, -0.05) is 18.2 Å². The number of carbonyl (C=O) groups is 1. The van der Waals surface area contributed by atoms with Crippen LogP contribution in [-0.2, 0) is 21.2 Å². The van der Waals surface area contributed by atoms with Gasteiger partial charge < -0.3 is 10.6 Å². The van der Waals surface area contributed by atoms with Crippen LogP contribution in [0, 0.1) is 17.1 Å². The topological polar surface area (TPSA) is 125 Å². The zero-order valence-corrected chi connectivity index (χ0v) is 15.0. The van der Waals surface area contributed by atoms with Gasteiger partial charge in [0.25, 0.3) is 5.91 Å². The van der Waals surface area contributed by atoms with Crippen molar-refractivity contribution in [2.24, 2.45) is 5.14 Å².